The monoisotopic (exact) mass is 354 g/mol. The molecule has 2 amide bonds. The molecule has 6 nitrogen and oxygen atoms in total. The van der Waals surface area contributed by atoms with Crippen LogP contribution in [0, 0.1) is 13.8 Å². The lowest BCUT2D eigenvalue weighted by Crippen LogP contribution is -2.52. The molecule has 1 aliphatic rings. The molecule has 2 aromatic rings. The van der Waals surface area contributed by atoms with Crippen molar-refractivity contribution in [2.45, 2.75) is 39.8 Å². The van der Waals surface area contributed by atoms with Gasteiger partial charge in [-0.3, -0.25) is 14.8 Å². The molecule has 0 atom stereocenters. The number of aryl methyl sites for hydroxylation is 2. The molecule has 0 spiro atoms. The maximum Gasteiger partial charge on any atom is 0.274 e. The third-order valence-electron chi connectivity index (χ3n) is 4.65. The predicted octanol–water partition coefficient (Wildman–Crippen LogP) is 3.13. The topological polar surface area (TPSA) is 78.9 Å². The van der Waals surface area contributed by atoms with Gasteiger partial charge in [-0.05, 0) is 62.6 Å². The fourth-order valence-corrected chi connectivity index (χ4v) is 3.01. The van der Waals surface area contributed by atoms with Gasteiger partial charge >= 0.3 is 0 Å². The van der Waals surface area contributed by atoms with E-state index in [1.54, 1.807) is 42.4 Å². The van der Waals surface area contributed by atoms with Crippen molar-refractivity contribution < 1.29 is 19.5 Å². The molecule has 1 heterocycles. The summed E-state index contributed by atoms with van der Waals surface area (Å²) in [7, 11) is 0. The van der Waals surface area contributed by atoms with Crippen molar-refractivity contribution in [1.29, 1.82) is 0 Å². The van der Waals surface area contributed by atoms with Gasteiger partial charge < -0.3 is 9.64 Å². The van der Waals surface area contributed by atoms with E-state index in [0.29, 0.717) is 18.0 Å². The number of amides is 2. The van der Waals surface area contributed by atoms with Gasteiger partial charge in [0.15, 0.2) is 5.60 Å². The van der Waals surface area contributed by atoms with E-state index in [1.165, 1.54) is 5.56 Å². The second-order valence-electron chi connectivity index (χ2n) is 7.05. The maximum absolute atomic E-state index is 13.0. The van der Waals surface area contributed by atoms with Crippen molar-refractivity contribution in [3.63, 3.8) is 0 Å². The van der Waals surface area contributed by atoms with Crippen molar-refractivity contribution in [3.8, 4) is 5.75 Å². The molecule has 26 heavy (non-hydrogen) atoms. The number of anilines is 1. The SMILES string of the molecule is Cc1ccc(CN2C(=O)C(C)(C)Oc3ccc(C(=O)NO)cc32)cc1C. The predicted molar refractivity (Wildman–Crippen MR) is 97.5 cm³/mol. The molecule has 6 heteroatoms. The first-order valence-electron chi connectivity index (χ1n) is 8.38. The summed E-state index contributed by atoms with van der Waals surface area (Å²) in [5, 5.41) is 8.87. The highest BCUT2D eigenvalue weighted by atomic mass is 16.5. The van der Waals surface area contributed by atoms with Crippen molar-refractivity contribution in [1.82, 2.24) is 5.48 Å². The van der Waals surface area contributed by atoms with Gasteiger partial charge in [-0.2, -0.15) is 0 Å². The molecule has 0 unspecified atom stereocenters. The molecule has 0 saturated carbocycles. The second kappa shape index (κ2) is 6.46. The fourth-order valence-electron chi connectivity index (χ4n) is 3.01. The molecule has 0 fully saturated rings. The van der Waals surface area contributed by atoms with Crippen molar-refractivity contribution >= 4 is 17.5 Å². The van der Waals surface area contributed by atoms with E-state index in [2.05, 4.69) is 6.07 Å². The van der Waals surface area contributed by atoms with Crippen molar-refractivity contribution in [2.75, 3.05) is 4.90 Å². The van der Waals surface area contributed by atoms with E-state index >= 15 is 0 Å². The number of nitrogens with zero attached hydrogens (tertiary/aromatic N) is 1. The average molecular weight is 354 g/mol. The number of hydrogen-bond donors (Lipinski definition) is 2. The van der Waals surface area contributed by atoms with E-state index in [-0.39, 0.29) is 11.5 Å². The van der Waals surface area contributed by atoms with E-state index < -0.39 is 11.5 Å². The standard InChI is InChI=1S/C20H22N2O4/c1-12-5-6-14(9-13(12)2)11-22-16-10-15(18(23)21-25)7-8-17(16)26-20(3,4)19(22)24/h5-10,25H,11H2,1-4H3,(H,21,23). The molecule has 1 aliphatic heterocycles. The summed E-state index contributed by atoms with van der Waals surface area (Å²) in [4.78, 5) is 26.3. The Hall–Kier alpha value is -2.86. The molecule has 0 radical (unpaired) electrons. The van der Waals surface area contributed by atoms with Crippen molar-refractivity contribution in [2.24, 2.45) is 0 Å². The van der Waals surface area contributed by atoms with E-state index in [9.17, 15) is 9.59 Å². The molecule has 0 bridgehead atoms. The highest BCUT2D eigenvalue weighted by Crippen LogP contribution is 2.39. The molecule has 136 valence electrons. The molecule has 2 N–H and O–H groups in total. The van der Waals surface area contributed by atoms with E-state index in [4.69, 9.17) is 9.94 Å². The molecule has 0 saturated heterocycles. The van der Waals surface area contributed by atoms with Gasteiger partial charge in [0.1, 0.15) is 5.75 Å². The Labute approximate surface area is 152 Å². The van der Waals surface area contributed by atoms with Crippen LogP contribution in [-0.4, -0.2) is 22.6 Å². The number of nitrogens with one attached hydrogen (secondary N) is 1. The summed E-state index contributed by atoms with van der Waals surface area (Å²) < 4.78 is 5.83. The zero-order valence-corrected chi connectivity index (χ0v) is 15.3. The lowest BCUT2D eigenvalue weighted by Gasteiger charge is -2.39. The van der Waals surface area contributed by atoms with Crippen LogP contribution in [0.4, 0.5) is 5.69 Å². The average Bonchev–Trinajstić information content (AvgIpc) is 2.60. The number of hydrogen-bond acceptors (Lipinski definition) is 4. The zero-order chi connectivity index (χ0) is 19.1. The summed E-state index contributed by atoms with van der Waals surface area (Å²) in [6.45, 7) is 7.88. The smallest absolute Gasteiger partial charge is 0.274 e. The number of hydroxylamine groups is 1. The normalized spacial score (nSPS) is 15.3. The van der Waals surface area contributed by atoms with Crippen LogP contribution in [0.2, 0.25) is 0 Å². The molecular weight excluding hydrogens is 332 g/mol. The second-order valence-corrected chi connectivity index (χ2v) is 7.05. The number of carbonyl (C=O) groups is 2. The Bertz CT molecular complexity index is 889. The lowest BCUT2D eigenvalue weighted by molar-refractivity contribution is -0.132. The highest BCUT2D eigenvalue weighted by Gasteiger charge is 2.41. The highest BCUT2D eigenvalue weighted by molar-refractivity contribution is 6.04. The lowest BCUT2D eigenvalue weighted by atomic mass is 10.0. The number of ether oxygens (including phenoxy) is 1. The molecule has 3 rings (SSSR count). The van der Waals surface area contributed by atoms with Crippen LogP contribution < -0.4 is 15.1 Å². The third-order valence-corrected chi connectivity index (χ3v) is 4.65. The van der Waals surface area contributed by atoms with Crippen LogP contribution in [0.15, 0.2) is 36.4 Å². The Morgan fingerprint density at radius 1 is 1.15 bits per heavy atom. The number of fused-ring (bicyclic) bond motifs is 1. The molecule has 0 aromatic heterocycles. The van der Waals surface area contributed by atoms with Gasteiger partial charge in [0.2, 0.25) is 0 Å². The van der Waals surface area contributed by atoms with Crippen LogP contribution in [0.1, 0.15) is 40.9 Å². The minimum Gasteiger partial charge on any atom is -0.476 e. The maximum atomic E-state index is 13.0. The Kier molecular flexibility index (Phi) is 4.46. The van der Waals surface area contributed by atoms with Gasteiger partial charge in [0.25, 0.3) is 11.8 Å². The van der Waals surface area contributed by atoms with E-state index in [0.717, 1.165) is 11.1 Å². The molecular formula is C20H22N2O4. The Balaban J connectivity index is 2.06. The first-order chi connectivity index (χ1) is 12.2. The quantitative estimate of drug-likeness (QED) is 0.656. The van der Waals surface area contributed by atoms with E-state index in [1.807, 2.05) is 26.0 Å². The van der Waals surface area contributed by atoms with Crippen LogP contribution in [0.25, 0.3) is 0 Å². The summed E-state index contributed by atoms with van der Waals surface area (Å²) in [6.07, 6.45) is 0. The van der Waals surface area contributed by atoms with Gasteiger partial charge in [-0.25, -0.2) is 5.48 Å². The zero-order valence-electron chi connectivity index (χ0n) is 15.3. The van der Waals surface area contributed by atoms with Gasteiger partial charge in [0.05, 0.1) is 12.2 Å². The van der Waals surface area contributed by atoms with Crippen LogP contribution in [0.3, 0.4) is 0 Å². The molecule has 0 aliphatic carbocycles. The number of carbonyl (C=O) groups excluding carboxylic acids is 2. The first-order valence-corrected chi connectivity index (χ1v) is 8.38. The summed E-state index contributed by atoms with van der Waals surface area (Å²) >= 11 is 0. The van der Waals surface area contributed by atoms with Crippen LogP contribution in [-0.2, 0) is 11.3 Å². The first kappa shape index (κ1) is 17.9. The van der Waals surface area contributed by atoms with Gasteiger partial charge in [-0.15, -0.1) is 0 Å². The van der Waals surface area contributed by atoms with Crippen LogP contribution in [0.5, 0.6) is 5.75 Å². The largest absolute Gasteiger partial charge is 0.476 e. The third kappa shape index (κ3) is 3.15. The van der Waals surface area contributed by atoms with Gasteiger partial charge in [0, 0.05) is 5.56 Å². The Morgan fingerprint density at radius 3 is 2.54 bits per heavy atom. The van der Waals surface area contributed by atoms with Crippen LogP contribution >= 0.6 is 0 Å². The number of benzene rings is 2. The number of rotatable bonds is 3. The fraction of sp³-hybridized carbons (Fsp3) is 0.300. The minimum absolute atomic E-state index is 0.190. The van der Waals surface area contributed by atoms with Crippen molar-refractivity contribution in [3.05, 3.63) is 58.7 Å². The minimum atomic E-state index is -1.01. The summed E-state index contributed by atoms with van der Waals surface area (Å²) in [5.41, 5.74) is 4.68. The summed E-state index contributed by atoms with van der Waals surface area (Å²) in [5.74, 6) is -0.311. The Morgan fingerprint density at radius 2 is 1.88 bits per heavy atom. The van der Waals surface area contributed by atoms with Gasteiger partial charge in [-0.1, -0.05) is 18.2 Å². The molecule has 2 aromatic carbocycles. The summed E-state index contributed by atoms with van der Waals surface area (Å²) in [6, 6.07) is 10.8.